The van der Waals surface area contributed by atoms with Gasteiger partial charge < -0.3 is 9.88 Å². The van der Waals surface area contributed by atoms with Gasteiger partial charge >= 0.3 is 0 Å². The van der Waals surface area contributed by atoms with Crippen LogP contribution in [0.15, 0.2) is 53.3 Å². The van der Waals surface area contributed by atoms with Gasteiger partial charge in [0.2, 0.25) is 5.91 Å². The third kappa shape index (κ3) is 4.12. The highest BCUT2D eigenvalue weighted by Gasteiger charge is 2.26. The number of benzene rings is 2. The minimum Gasteiger partial charge on any atom is -0.346 e. The Morgan fingerprint density at radius 2 is 1.69 bits per heavy atom. The van der Waals surface area contributed by atoms with E-state index < -0.39 is 0 Å². The van der Waals surface area contributed by atoms with Crippen molar-refractivity contribution >= 4 is 27.8 Å². The van der Waals surface area contributed by atoms with Crippen molar-refractivity contribution < 1.29 is 4.79 Å². The molecule has 0 bridgehead atoms. The molecular weight excluding hydrogens is 404 g/mol. The Balaban J connectivity index is 1.55. The summed E-state index contributed by atoms with van der Waals surface area (Å²) in [5.41, 5.74) is 2.26. The molecule has 4 aromatic rings. The second-order valence-corrected chi connectivity index (χ2v) is 8.60. The number of nitrogens with zero attached hydrogens (tertiary/aromatic N) is 5. The Morgan fingerprint density at radius 1 is 1.00 bits per heavy atom. The van der Waals surface area contributed by atoms with Crippen LogP contribution in [0.3, 0.4) is 0 Å². The van der Waals surface area contributed by atoms with E-state index in [1.807, 2.05) is 24.3 Å². The number of aromatic nitrogens is 5. The zero-order valence-corrected chi connectivity index (χ0v) is 18.8. The van der Waals surface area contributed by atoms with Gasteiger partial charge in [-0.15, -0.1) is 5.10 Å². The fourth-order valence-corrected chi connectivity index (χ4v) is 3.98. The van der Waals surface area contributed by atoms with E-state index in [4.69, 9.17) is 4.98 Å². The van der Waals surface area contributed by atoms with Gasteiger partial charge in [0.1, 0.15) is 11.3 Å². The first-order valence-corrected chi connectivity index (χ1v) is 11.0. The van der Waals surface area contributed by atoms with Crippen LogP contribution in [0.1, 0.15) is 52.0 Å². The van der Waals surface area contributed by atoms with Gasteiger partial charge in [-0.1, -0.05) is 43.3 Å². The van der Waals surface area contributed by atoms with Crippen LogP contribution in [0, 0.1) is 5.92 Å². The number of carbonyl (C=O) groups is 1. The average molecular weight is 433 g/mol. The van der Waals surface area contributed by atoms with Crippen molar-refractivity contribution in [3.63, 3.8) is 0 Å². The number of amides is 1. The van der Waals surface area contributed by atoms with E-state index >= 15 is 0 Å². The number of aryl methyl sites for hydroxylation is 1. The molecule has 1 N–H and O–H groups in total. The molecule has 32 heavy (non-hydrogen) atoms. The fraction of sp³-hybridized carbons (Fsp3) is 0.375. The van der Waals surface area contributed by atoms with Crippen LogP contribution in [0.25, 0.3) is 21.9 Å². The van der Waals surface area contributed by atoms with Gasteiger partial charge in [-0.25, -0.2) is 9.67 Å². The van der Waals surface area contributed by atoms with Crippen LogP contribution in [0.2, 0.25) is 0 Å². The zero-order chi connectivity index (χ0) is 22.8. The van der Waals surface area contributed by atoms with Crippen molar-refractivity contribution in [3.05, 3.63) is 64.7 Å². The van der Waals surface area contributed by atoms with Crippen molar-refractivity contribution in [1.82, 2.24) is 29.9 Å². The highest BCUT2D eigenvalue weighted by Crippen LogP contribution is 2.28. The molecule has 0 radical (unpaired) electrons. The number of fused-ring (bicyclic) bond motifs is 2. The second-order valence-electron chi connectivity index (χ2n) is 8.60. The van der Waals surface area contributed by atoms with Crippen LogP contribution < -0.4 is 10.9 Å². The van der Waals surface area contributed by atoms with Crippen LogP contribution in [-0.4, -0.2) is 30.5 Å². The SMILES string of the molecule is CC(C)[C@@H](NC(=O)CCn1nnc2ccccc2c1=O)c1nc2ccccc2n1C(C)C. The molecule has 0 spiro atoms. The van der Waals surface area contributed by atoms with Crippen LogP contribution in [0.4, 0.5) is 0 Å². The summed E-state index contributed by atoms with van der Waals surface area (Å²) in [6.07, 6.45) is 0.123. The second kappa shape index (κ2) is 8.90. The first-order valence-electron chi connectivity index (χ1n) is 11.0. The average Bonchev–Trinajstić information content (AvgIpc) is 3.16. The number of nitrogens with one attached hydrogen (secondary N) is 1. The Hall–Kier alpha value is -3.55. The third-order valence-corrected chi connectivity index (χ3v) is 5.58. The van der Waals surface area contributed by atoms with Gasteiger partial charge in [0.05, 0.1) is 29.0 Å². The Bertz CT molecular complexity index is 1320. The highest BCUT2D eigenvalue weighted by molar-refractivity contribution is 5.78. The highest BCUT2D eigenvalue weighted by atomic mass is 16.2. The van der Waals surface area contributed by atoms with Gasteiger partial charge in [-0.05, 0) is 44.0 Å². The van der Waals surface area contributed by atoms with Crippen molar-refractivity contribution in [2.24, 2.45) is 5.92 Å². The van der Waals surface area contributed by atoms with E-state index in [0.29, 0.717) is 10.9 Å². The standard InChI is InChI=1S/C24H28N6O2/c1-15(2)22(23-25-19-11-7-8-12-20(19)30(23)16(3)4)26-21(31)13-14-29-24(32)17-9-5-6-10-18(17)27-28-29/h5-12,15-16,22H,13-14H2,1-4H3,(H,26,31)/t22-/m1/s1. The summed E-state index contributed by atoms with van der Waals surface area (Å²) < 4.78 is 3.43. The molecule has 1 amide bonds. The molecule has 2 aromatic heterocycles. The van der Waals surface area contributed by atoms with Gasteiger partial charge in [-0.3, -0.25) is 9.59 Å². The summed E-state index contributed by atoms with van der Waals surface area (Å²) in [6.45, 7) is 8.51. The Labute approximate surface area is 186 Å². The maximum absolute atomic E-state index is 12.9. The van der Waals surface area contributed by atoms with Gasteiger partial charge in [0, 0.05) is 12.5 Å². The molecule has 0 saturated carbocycles. The lowest BCUT2D eigenvalue weighted by atomic mass is 10.0. The van der Waals surface area contributed by atoms with Crippen LogP contribution in [0.5, 0.6) is 0 Å². The molecule has 8 nitrogen and oxygen atoms in total. The lowest BCUT2D eigenvalue weighted by molar-refractivity contribution is -0.122. The summed E-state index contributed by atoms with van der Waals surface area (Å²) in [7, 11) is 0. The molecule has 0 saturated heterocycles. The first kappa shape index (κ1) is 21.7. The quantitative estimate of drug-likeness (QED) is 0.481. The van der Waals surface area contributed by atoms with Crippen molar-refractivity contribution in [2.75, 3.05) is 0 Å². The van der Waals surface area contributed by atoms with Gasteiger partial charge in [0.25, 0.3) is 5.56 Å². The molecule has 1 atom stereocenters. The summed E-state index contributed by atoms with van der Waals surface area (Å²) >= 11 is 0. The van der Waals surface area contributed by atoms with Gasteiger partial charge in [0.15, 0.2) is 0 Å². The molecule has 166 valence electrons. The molecule has 0 fully saturated rings. The zero-order valence-electron chi connectivity index (χ0n) is 18.8. The van der Waals surface area contributed by atoms with Crippen molar-refractivity contribution in [2.45, 2.75) is 52.7 Å². The molecule has 0 unspecified atom stereocenters. The Kier molecular flexibility index (Phi) is 6.03. The van der Waals surface area contributed by atoms with Crippen molar-refractivity contribution in [3.8, 4) is 0 Å². The maximum Gasteiger partial charge on any atom is 0.277 e. The summed E-state index contributed by atoms with van der Waals surface area (Å²) in [4.78, 5) is 30.3. The van der Waals surface area contributed by atoms with Crippen LogP contribution in [-0.2, 0) is 11.3 Å². The minimum absolute atomic E-state index is 0.123. The topological polar surface area (TPSA) is 94.7 Å². The fourth-order valence-electron chi connectivity index (χ4n) is 3.98. The molecule has 0 aliphatic rings. The van der Waals surface area contributed by atoms with E-state index in [2.05, 4.69) is 54.0 Å². The lowest BCUT2D eigenvalue weighted by Crippen LogP contribution is -2.35. The smallest absolute Gasteiger partial charge is 0.277 e. The minimum atomic E-state index is -0.253. The number of hydrogen-bond acceptors (Lipinski definition) is 5. The molecule has 8 heteroatoms. The predicted molar refractivity (Wildman–Crippen MR) is 124 cm³/mol. The third-order valence-electron chi connectivity index (χ3n) is 5.58. The lowest BCUT2D eigenvalue weighted by Gasteiger charge is -2.25. The molecule has 4 rings (SSSR count). The normalized spacial score (nSPS) is 12.7. The van der Waals surface area contributed by atoms with Crippen LogP contribution >= 0.6 is 0 Å². The number of para-hydroxylation sites is 2. The number of carbonyl (C=O) groups excluding carboxylic acids is 1. The molecule has 0 aliphatic heterocycles. The number of hydrogen-bond donors (Lipinski definition) is 1. The van der Waals surface area contributed by atoms with Crippen molar-refractivity contribution in [1.29, 1.82) is 0 Å². The first-order chi connectivity index (χ1) is 15.4. The predicted octanol–water partition coefficient (Wildman–Crippen LogP) is 3.63. The number of rotatable bonds is 7. The summed E-state index contributed by atoms with van der Waals surface area (Å²) in [5.74, 6) is 0.816. The molecule has 0 aliphatic carbocycles. The van der Waals surface area contributed by atoms with E-state index in [-0.39, 0.29) is 42.4 Å². The van der Waals surface area contributed by atoms with E-state index in [0.717, 1.165) is 16.9 Å². The van der Waals surface area contributed by atoms with E-state index in [1.54, 1.807) is 18.2 Å². The molecule has 2 aromatic carbocycles. The monoisotopic (exact) mass is 432 g/mol. The van der Waals surface area contributed by atoms with E-state index in [1.165, 1.54) is 4.68 Å². The summed E-state index contributed by atoms with van der Waals surface area (Å²) in [6, 6.07) is 15.0. The Morgan fingerprint density at radius 3 is 2.41 bits per heavy atom. The van der Waals surface area contributed by atoms with Gasteiger partial charge in [-0.2, -0.15) is 0 Å². The number of imidazole rings is 1. The maximum atomic E-state index is 12.9. The largest absolute Gasteiger partial charge is 0.346 e. The summed E-state index contributed by atoms with van der Waals surface area (Å²) in [5, 5.41) is 11.7. The van der Waals surface area contributed by atoms with E-state index in [9.17, 15) is 9.59 Å². The molecule has 2 heterocycles. The molecular formula is C24H28N6O2.